The number of fused-ring (bicyclic) bond motifs is 2. The van der Waals surface area contributed by atoms with Crippen LogP contribution in [0, 0.1) is 12.7 Å². The van der Waals surface area contributed by atoms with Crippen LogP contribution in [-0.2, 0) is 11.2 Å². The molecule has 1 aliphatic heterocycles. The molecule has 0 aliphatic carbocycles. The number of carbonyl (C=O) groups is 1. The Kier molecular flexibility index (Phi) is 5.78. The molecule has 36 heavy (non-hydrogen) atoms. The van der Waals surface area contributed by atoms with E-state index < -0.39 is 11.7 Å². The lowest BCUT2D eigenvalue weighted by Crippen LogP contribution is -2.36. The number of pyridine rings is 1. The zero-order valence-electron chi connectivity index (χ0n) is 21.0. The zero-order valence-corrected chi connectivity index (χ0v) is 21.0. The van der Waals surface area contributed by atoms with E-state index in [2.05, 4.69) is 15.7 Å². The van der Waals surface area contributed by atoms with Crippen molar-refractivity contribution in [3.05, 3.63) is 65.6 Å². The number of ether oxygens (including phenoxy) is 1. The Bertz CT molecular complexity index is 1460. The molecule has 2 N–H and O–H groups in total. The normalized spacial score (nSPS) is 13.1. The summed E-state index contributed by atoms with van der Waals surface area (Å²) in [5.74, 6) is 0.233. The fourth-order valence-electron chi connectivity index (χ4n) is 4.49. The number of para-hydroxylation sites is 1. The maximum atomic E-state index is 15.1. The van der Waals surface area contributed by atoms with E-state index in [1.165, 1.54) is 4.90 Å². The van der Waals surface area contributed by atoms with Gasteiger partial charge in [-0.2, -0.15) is 5.10 Å². The zero-order chi connectivity index (χ0) is 25.6. The molecule has 1 amide bonds. The van der Waals surface area contributed by atoms with E-state index in [-0.39, 0.29) is 5.82 Å². The van der Waals surface area contributed by atoms with Gasteiger partial charge in [0, 0.05) is 25.2 Å². The minimum absolute atomic E-state index is 0.303. The Labute approximate surface area is 209 Å². The standard InChI is InChI=1S/C27H29FN6O2/c1-16-13-21(24-18(23(16)28)11-12-33(24)26(35)36-27(2,3)4)31-22-14-20(29-5)19-15-30-34(25(19)32-22)17-9-7-6-8-10-17/h6-10,13-15H,11-12H2,1-5H3,(H2,29,31,32). The van der Waals surface area contributed by atoms with Crippen molar-refractivity contribution < 1.29 is 13.9 Å². The number of nitrogens with one attached hydrogen (secondary N) is 2. The first-order valence-corrected chi connectivity index (χ1v) is 11.9. The van der Waals surface area contributed by atoms with E-state index in [0.717, 1.165) is 16.8 Å². The third-order valence-electron chi connectivity index (χ3n) is 6.06. The fourth-order valence-corrected chi connectivity index (χ4v) is 4.49. The number of carbonyl (C=O) groups excluding carboxylic acids is 1. The number of nitrogens with zero attached hydrogens (tertiary/aromatic N) is 4. The van der Waals surface area contributed by atoms with Crippen LogP contribution in [0.2, 0.25) is 0 Å². The van der Waals surface area contributed by atoms with Crippen molar-refractivity contribution in [2.45, 2.75) is 39.7 Å². The van der Waals surface area contributed by atoms with Gasteiger partial charge in [-0.05, 0) is 57.9 Å². The molecule has 3 heterocycles. The molecule has 0 radical (unpaired) electrons. The molecule has 0 fully saturated rings. The van der Waals surface area contributed by atoms with Gasteiger partial charge in [0.2, 0.25) is 0 Å². The summed E-state index contributed by atoms with van der Waals surface area (Å²) >= 11 is 0. The highest BCUT2D eigenvalue weighted by molar-refractivity contribution is 5.97. The van der Waals surface area contributed by atoms with E-state index in [4.69, 9.17) is 9.72 Å². The summed E-state index contributed by atoms with van der Waals surface area (Å²) in [5, 5.41) is 12.0. The number of anilines is 4. The molecular formula is C27H29FN6O2. The monoisotopic (exact) mass is 488 g/mol. The molecule has 0 atom stereocenters. The first-order chi connectivity index (χ1) is 17.2. The molecule has 0 saturated carbocycles. The van der Waals surface area contributed by atoms with Gasteiger partial charge in [0.25, 0.3) is 0 Å². The molecule has 8 nitrogen and oxygen atoms in total. The number of rotatable bonds is 4. The van der Waals surface area contributed by atoms with E-state index in [0.29, 0.717) is 46.9 Å². The van der Waals surface area contributed by atoms with Gasteiger partial charge in [-0.1, -0.05) is 18.2 Å². The summed E-state index contributed by atoms with van der Waals surface area (Å²) in [7, 11) is 1.84. The van der Waals surface area contributed by atoms with Gasteiger partial charge in [-0.15, -0.1) is 0 Å². The predicted molar refractivity (Wildman–Crippen MR) is 140 cm³/mol. The highest BCUT2D eigenvalue weighted by atomic mass is 19.1. The summed E-state index contributed by atoms with van der Waals surface area (Å²) in [4.78, 5) is 19.3. The van der Waals surface area contributed by atoms with Crippen LogP contribution >= 0.6 is 0 Å². The van der Waals surface area contributed by atoms with Crippen LogP contribution in [0.3, 0.4) is 0 Å². The molecule has 9 heteroatoms. The van der Waals surface area contributed by atoms with Gasteiger partial charge >= 0.3 is 6.09 Å². The number of aryl methyl sites for hydroxylation is 1. The maximum absolute atomic E-state index is 15.1. The lowest BCUT2D eigenvalue weighted by molar-refractivity contribution is 0.0584. The Balaban J connectivity index is 1.60. The Morgan fingerprint density at radius 3 is 2.58 bits per heavy atom. The van der Waals surface area contributed by atoms with Gasteiger partial charge in [-0.25, -0.2) is 18.9 Å². The summed E-state index contributed by atoms with van der Waals surface area (Å²) in [6, 6.07) is 13.3. The molecule has 4 aromatic rings. The summed E-state index contributed by atoms with van der Waals surface area (Å²) < 4.78 is 22.5. The Morgan fingerprint density at radius 1 is 1.14 bits per heavy atom. The first-order valence-electron chi connectivity index (χ1n) is 11.9. The summed E-state index contributed by atoms with van der Waals surface area (Å²) in [6.07, 6.45) is 1.68. The maximum Gasteiger partial charge on any atom is 0.414 e. The van der Waals surface area contributed by atoms with E-state index in [1.807, 2.05) is 64.2 Å². The lowest BCUT2D eigenvalue weighted by Gasteiger charge is -2.26. The third-order valence-corrected chi connectivity index (χ3v) is 6.06. The first kappa shape index (κ1) is 23.6. The molecule has 186 valence electrons. The average Bonchev–Trinajstić information content (AvgIpc) is 3.47. The second-order valence-corrected chi connectivity index (χ2v) is 9.82. The van der Waals surface area contributed by atoms with Crippen LogP contribution in [0.5, 0.6) is 0 Å². The van der Waals surface area contributed by atoms with Crippen molar-refractivity contribution in [3.8, 4) is 5.69 Å². The number of hydrogen-bond acceptors (Lipinski definition) is 6. The fraction of sp³-hybridized carbons (Fsp3) is 0.296. The minimum atomic E-state index is -0.666. The van der Waals surface area contributed by atoms with Crippen LogP contribution in [0.1, 0.15) is 31.9 Å². The number of benzene rings is 2. The van der Waals surface area contributed by atoms with Gasteiger partial charge in [0.1, 0.15) is 17.2 Å². The van der Waals surface area contributed by atoms with Crippen molar-refractivity contribution >= 4 is 40.0 Å². The quantitative estimate of drug-likeness (QED) is 0.369. The van der Waals surface area contributed by atoms with Crippen molar-refractivity contribution in [1.82, 2.24) is 14.8 Å². The molecule has 0 bridgehead atoms. The van der Waals surface area contributed by atoms with Crippen LogP contribution in [-0.4, -0.2) is 40.1 Å². The predicted octanol–water partition coefficient (Wildman–Crippen LogP) is 5.95. The van der Waals surface area contributed by atoms with Crippen LogP contribution in [0.4, 0.5) is 32.1 Å². The third kappa shape index (κ3) is 4.21. The van der Waals surface area contributed by atoms with E-state index in [9.17, 15) is 4.79 Å². The highest BCUT2D eigenvalue weighted by Crippen LogP contribution is 2.41. The van der Waals surface area contributed by atoms with Crippen LogP contribution < -0.4 is 15.5 Å². The second-order valence-electron chi connectivity index (χ2n) is 9.82. The van der Waals surface area contributed by atoms with E-state index in [1.54, 1.807) is 23.9 Å². The van der Waals surface area contributed by atoms with Crippen molar-refractivity contribution in [1.29, 1.82) is 0 Å². The minimum Gasteiger partial charge on any atom is -0.443 e. The van der Waals surface area contributed by atoms with E-state index >= 15 is 4.39 Å². The Hall–Kier alpha value is -4.14. The molecular weight excluding hydrogens is 459 g/mol. The SMILES string of the molecule is CNc1cc(Nc2cc(C)c(F)c3c2N(C(=O)OC(C)(C)C)CC3)nc2c1cnn2-c1ccccc1. The van der Waals surface area contributed by atoms with Crippen molar-refractivity contribution in [2.75, 3.05) is 29.1 Å². The molecule has 0 saturated heterocycles. The van der Waals surface area contributed by atoms with Gasteiger partial charge in [0.15, 0.2) is 5.65 Å². The topological polar surface area (TPSA) is 84.3 Å². The number of hydrogen-bond donors (Lipinski definition) is 2. The van der Waals surface area contributed by atoms with Gasteiger partial charge in [-0.3, -0.25) is 4.90 Å². The van der Waals surface area contributed by atoms with Crippen molar-refractivity contribution in [3.63, 3.8) is 0 Å². The lowest BCUT2D eigenvalue weighted by atomic mass is 10.1. The highest BCUT2D eigenvalue weighted by Gasteiger charge is 2.34. The van der Waals surface area contributed by atoms with Gasteiger partial charge < -0.3 is 15.4 Å². The molecule has 5 rings (SSSR count). The smallest absolute Gasteiger partial charge is 0.414 e. The van der Waals surface area contributed by atoms with Crippen LogP contribution in [0.15, 0.2) is 48.7 Å². The number of aromatic nitrogens is 3. The molecule has 2 aromatic carbocycles. The molecule has 1 aliphatic rings. The average molecular weight is 489 g/mol. The second kappa shape index (κ2) is 8.82. The molecule has 2 aromatic heterocycles. The molecule has 0 unspecified atom stereocenters. The summed E-state index contributed by atoms with van der Waals surface area (Å²) in [5.41, 5.74) is 3.77. The van der Waals surface area contributed by atoms with Gasteiger partial charge in [0.05, 0.1) is 34.3 Å². The summed E-state index contributed by atoms with van der Waals surface area (Å²) in [6.45, 7) is 7.49. The molecule has 0 spiro atoms. The van der Waals surface area contributed by atoms with Crippen LogP contribution in [0.25, 0.3) is 16.7 Å². The number of halogens is 1. The Morgan fingerprint density at radius 2 is 1.89 bits per heavy atom. The number of amides is 1. The largest absolute Gasteiger partial charge is 0.443 e. The van der Waals surface area contributed by atoms with Crippen molar-refractivity contribution in [2.24, 2.45) is 0 Å².